The molecular weight excluding hydrogens is 478 g/mol. The topological polar surface area (TPSA) is 105 Å². The molecule has 0 radical (unpaired) electrons. The number of amides is 3. The number of anilines is 1. The van der Waals surface area contributed by atoms with Crippen LogP contribution in [0.25, 0.3) is 0 Å². The van der Waals surface area contributed by atoms with E-state index in [-0.39, 0.29) is 18.9 Å². The lowest BCUT2D eigenvalue weighted by atomic mass is 10.1. The Balaban J connectivity index is 1.45. The van der Waals surface area contributed by atoms with E-state index in [4.69, 9.17) is 16.3 Å². The average Bonchev–Trinajstić information content (AvgIpc) is 3.12. The van der Waals surface area contributed by atoms with Gasteiger partial charge in [0.05, 0.1) is 5.92 Å². The number of carbonyl (C=O) groups is 4. The molecule has 0 saturated carbocycles. The second-order valence-corrected chi connectivity index (χ2v) is 7.85. The lowest BCUT2D eigenvalue weighted by Gasteiger charge is -2.16. The molecule has 1 atom stereocenters. The molecule has 0 spiro atoms. The van der Waals surface area contributed by atoms with Crippen LogP contribution in [0.2, 0.25) is 5.02 Å². The molecule has 1 heterocycles. The van der Waals surface area contributed by atoms with E-state index in [1.807, 2.05) is 0 Å². The fraction of sp³-hybridized carbons (Fsp3) is 0.200. The molecule has 1 aliphatic heterocycles. The highest BCUT2D eigenvalue weighted by Gasteiger charge is 2.36. The van der Waals surface area contributed by atoms with E-state index >= 15 is 0 Å². The maximum absolute atomic E-state index is 12.2. The fourth-order valence-corrected chi connectivity index (χ4v) is 3.30. The Morgan fingerprint density at radius 3 is 2.57 bits per heavy atom. The number of ether oxygens (including phenoxy) is 1. The number of rotatable bonds is 5. The molecule has 30 heavy (non-hydrogen) atoms. The smallest absolute Gasteiger partial charge is 0.311 e. The highest BCUT2D eigenvalue weighted by Crippen LogP contribution is 2.27. The van der Waals surface area contributed by atoms with Crippen LogP contribution in [-0.4, -0.2) is 36.8 Å². The van der Waals surface area contributed by atoms with Gasteiger partial charge in [0, 0.05) is 33.7 Å². The molecule has 0 bridgehead atoms. The minimum Gasteiger partial charge on any atom is -0.455 e. The van der Waals surface area contributed by atoms with Gasteiger partial charge in [-0.25, -0.2) is 0 Å². The van der Waals surface area contributed by atoms with Gasteiger partial charge >= 0.3 is 5.97 Å². The van der Waals surface area contributed by atoms with Gasteiger partial charge in [0.25, 0.3) is 11.8 Å². The molecule has 1 aliphatic rings. The first-order valence-electron chi connectivity index (χ1n) is 8.91. The number of hydrogen-bond acceptors (Lipinski definition) is 5. The van der Waals surface area contributed by atoms with E-state index in [2.05, 4.69) is 26.8 Å². The first kappa shape index (κ1) is 21.8. The van der Waals surface area contributed by atoms with Crippen molar-refractivity contribution >= 4 is 56.9 Å². The standard InChI is InChI=1S/C20H17BrClN3O5/c21-14-6-4-12(5-7-14)19(28)24-23-17(26)11-30-20(29)13-8-18(27)25(10-13)16-3-1-2-15(22)9-16/h1-7,9,13H,8,10-11H2,(H,23,26)(H,24,28)/t13-/m0/s1. The summed E-state index contributed by atoms with van der Waals surface area (Å²) in [6.45, 7) is -0.443. The van der Waals surface area contributed by atoms with Gasteiger partial charge in [-0.3, -0.25) is 30.0 Å². The number of carbonyl (C=O) groups excluding carboxylic acids is 4. The molecule has 3 amide bonds. The Labute approximate surface area is 185 Å². The maximum atomic E-state index is 12.2. The van der Waals surface area contributed by atoms with Crippen molar-refractivity contribution in [2.45, 2.75) is 6.42 Å². The number of nitrogens with zero attached hydrogens (tertiary/aromatic N) is 1. The molecule has 1 saturated heterocycles. The van der Waals surface area contributed by atoms with Crippen LogP contribution in [0.1, 0.15) is 16.8 Å². The van der Waals surface area contributed by atoms with Crippen LogP contribution >= 0.6 is 27.5 Å². The Morgan fingerprint density at radius 1 is 1.13 bits per heavy atom. The van der Waals surface area contributed by atoms with Gasteiger partial charge in [0.1, 0.15) is 0 Å². The van der Waals surface area contributed by atoms with E-state index < -0.39 is 30.3 Å². The molecule has 10 heteroatoms. The molecule has 2 aromatic rings. The van der Waals surface area contributed by atoms with Crippen molar-refractivity contribution in [3.63, 3.8) is 0 Å². The summed E-state index contributed by atoms with van der Waals surface area (Å²) in [6.07, 6.45) is -0.0206. The van der Waals surface area contributed by atoms with Gasteiger partial charge in [-0.15, -0.1) is 0 Å². The number of halogens is 2. The highest BCUT2D eigenvalue weighted by atomic mass is 79.9. The molecule has 2 N–H and O–H groups in total. The number of esters is 1. The third kappa shape index (κ3) is 5.58. The van der Waals surface area contributed by atoms with Crippen molar-refractivity contribution in [2.75, 3.05) is 18.1 Å². The molecule has 8 nitrogen and oxygen atoms in total. The summed E-state index contributed by atoms with van der Waals surface area (Å²) in [5.74, 6) is -2.81. The van der Waals surface area contributed by atoms with Crippen LogP contribution in [0, 0.1) is 5.92 Å². The minimum atomic E-state index is -0.704. The summed E-state index contributed by atoms with van der Waals surface area (Å²) < 4.78 is 5.80. The van der Waals surface area contributed by atoms with Gasteiger partial charge in [0.2, 0.25) is 5.91 Å². The Hall–Kier alpha value is -2.91. The Morgan fingerprint density at radius 2 is 1.87 bits per heavy atom. The van der Waals surface area contributed by atoms with Gasteiger partial charge in [-0.05, 0) is 42.5 Å². The van der Waals surface area contributed by atoms with Crippen LogP contribution in [0.15, 0.2) is 53.0 Å². The summed E-state index contributed by atoms with van der Waals surface area (Å²) in [5.41, 5.74) is 5.35. The van der Waals surface area contributed by atoms with Crippen molar-refractivity contribution in [3.8, 4) is 0 Å². The third-order valence-corrected chi connectivity index (χ3v) is 5.11. The number of nitrogens with one attached hydrogen (secondary N) is 2. The van der Waals surface area contributed by atoms with E-state index in [9.17, 15) is 19.2 Å². The first-order chi connectivity index (χ1) is 14.3. The van der Waals surface area contributed by atoms with Crippen molar-refractivity contribution in [3.05, 3.63) is 63.6 Å². The summed E-state index contributed by atoms with van der Waals surface area (Å²) in [6, 6.07) is 13.3. The SMILES string of the molecule is O=C(COC(=O)[C@H]1CC(=O)N(c2cccc(Cl)c2)C1)NNC(=O)c1ccc(Br)cc1. The second-order valence-electron chi connectivity index (χ2n) is 6.50. The van der Waals surface area contributed by atoms with Crippen molar-refractivity contribution < 1.29 is 23.9 Å². The lowest BCUT2D eigenvalue weighted by molar-refractivity contribution is -0.152. The zero-order valence-corrected chi connectivity index (χ0v) is 17.9. The Bertz CT molecular complexity index is 983. The second kappa shape index (κ2) is 9.73. The van der Waals surface area contributed by atoms with Crippen LogP contribution < -0.4 is 15.8 Å². The lowest BCUT2D eigenvalue weighted by Crippen LogP contribution is -2.43. The molecule has 0 aliphatic carbocycles. The molecule has 0 unspecified atom stereocenters. The van der Waals surface area contributed by atoms with E-state index in [0.717, 1.165) is 4.47 Å². The molecular formula is C20H17BrClN3O5. The van der Waals surface area contributed by atoms with Gasteiger partial charge in [-0.2, -0.15) is 0 Å². The van der Waals surface area contributed by atoms with Crippen LogP contribution in [-0.2, 0) is 19.1 Å². The fourth-order valence-electron chi connectivity index (χ4n) is 2.85. The third-order valence-electron chi connectivity index (χ3n) is 4.35. The van der Waals surface area contributed by atoms with Crippen molar-refractivity contribution in [2.24, 2.45) is 5.92 Å². The van der Waals surface area contributed by atoms with Crippen LogP contribution in [0.5, 0.6) is 0 Å². The number of hydrogen-bond donors (Lipinski definition) is 2. The van der Waals surface area contributed by atoms with E-state index in [1.165, 1.54) is 4.90 Å². The zero-order chi connectivity index (χ0) is 21.7. The van der Waals surface area contributed by atoms with Gasteiger partial charge in [0.15, 0.2) is 6.61 Å². The number of benzene rings is 2. The molecule has 3 rings (SSSR count). The van der Waals surface area contributed by atoms with Crippen LogP contribution in [0.3, 0.4) is 0 Å². The normalized spacial score (nSPS) is 15.6. The van der Waals surface area contributed by atoms with Crippen molar-refractivity contribution in [1.82, 2.24) is 10.9 Å². The summed E-state index contributed by atoms with van der Waals surface area (Å²) in [4.78, 5) is 49.7. The van der Waals surface area contributed by atoms with E-state index in [0.29, 0.717) is 16.3 Å². The maximum Gasteiger partial charge on any atom is 0.311 e. The highest BCUT2D eigenvalue weighted by molar-refractivity contribution is 9.10. The first-order valence-corrected chi connectivity index (χ1v) is 10.1. The molecule has 156 valence electrons. The predicted molar refractivity (Wildman–Crippen MR) is 113 cm³/mol. The predicted octanol–water partition coefficient (Wildman–Crippen LogP) is 2.46. The molecule has 2 aromatic carbocycles. The summed E-state index contributed by atoms with van der Waals surface area (Å²) >= 11 is 9.21. The summed E-state index contributed by atoms with van der Waals surface area (Å²) in [7, 11) is 0. The molecule has 1 fully saturated rings. The minimum absolute atomic E-state index is 0.0206. The van der Waals surface area contributed by atoms with Crippen molar-refractivity contribution in [1.29, 1.82) is 0 Å². The Kier molecular flexibility index (Phi) is 7.07. The van der Waals surface area contributed by atoms with Gasteiger partial charge < -0.3 is 9.64 Å². The van der Waals surface area contributed by atoms with Gasteiger partial charge in [-0.1, -0.05) is 33.6 Å². The van der Waals surface area contributed by atoms with E-state index in [1.54, 1.807) is 48.5 Å². The summed E-state index contributed by atoms with van der Waals surface area (Å²) in [5, 5.41) is 0.480. The zero-order valence-electron chi connectivity index (χ0n) is 15.6. The quantitative estimate of drug-likeness (QED) is 0.491. The number of hydrazine groups is 1. The van der Waals surface area contributed by atoms with Crippen LogP contribution in [0.4, 0.5) is 5.69 Å². The largest absolute Gasteiger partial charge is 0.455 e. The monoisotopic (exact) mass is 493 g/mol. The average molecular weight is 495 g/mol. The molecule has 0 aromatic heterocycles.